The number of furan rings is 1. The molecule has 0 saturated heterocycles. The highest BCUT2D eigenvalue weighted by Crippen LogP contribution is 2.00. The first-order valence-corrected chi connectivity index (χ1v) is 4.22. The first-order chi connectivity index (χ1) is 6.24. The lowest BCUT2D eigenvalue weighted by molar-refractivity contribution is -0.139. The van der Waals surface area contributed by atoms with Gasteiger partial charge in [0.2, 0.25) is 0 Å². The average molecular weight is 183 g/mol. The third-order valence-corrected chi connectivity index (χ3v) is 1.81. The predicted molar refractivity (Wildman–Crippen MR) is 47.3 cm³/mol. The minimum absolute atomic E-state index is 0.456. The van der Waals surface area contributed by atoms with Gasteiger partial charge in [0.05, 0.1) is 12.8 Å². The molecule has 0 aliphatic heterocycles. The molecule has 4 heteroatoms. The zero-order chi connectivity index (χ0) is 9.68. The van der Waals surface area contributed by atoms with Gasteiger partial charge in [0.1, 0.15) is 11.8 Å². The summed E-state index contributed by atoms with van der Waals surface area (Å²) in [6.07, 6.45) is 2.13. The smallest absolute Gasteiger partial charge is 0.320 e. The van der Waals surface area contributed by atoms with E-state index in [1.165, 1.54) is 0 Å². The number of nitrogens with one attached hydrogen (secondary N) is 1. The normalized spacial score (nSPS) is 12.7. The van der Waals surface area contributed by atoms with Gasteiger partial charge >= 0.3 is 5.97 Å². The number of carboxylic acid groups (broad SMARTS) is 1. The zero-order valence-corrected chi connectivity index (χ0v) is 7.49. The van der Waals surface area contributed by atoms with Crippen LogP contribution >= 0.6 is 0 Å². The fraction of sp³-hybridized carbons (Fsp3) is 0.444. The topological polar surface area (TPSA) is 62.5 Å². The maximum absolute atomic E-state index is 10.6. The van der Waals surface area contributed by atoms with Crippen LogP contribution in [0.5, 0.6) is 0 Å². The van der Waals surface area contributed by atoms with Crippen LogP contribution in [-0.2, 0) is 11.3 Å². The van der Waals surface area contributed by atoms with E-state index in [0.717, 1.165) is 5.76 Å². The molecule has 1 rings (SSSR count). The molecule has 0 fully saturated rings. The third kappa shape index (κ3) is 2.91. The third-order valence-electron chi connectivity index (χ3n) is 1.81. The van der Waals surface area contributed by atoms with Crippen LogP contribution in [-0.4, -0.2) is 17.1 Å². The molecule has 2 N–H and O–H groups in total. The standard InChI is InChI=1S/C9H13NO3/c1-2-8(9(11)12)10-6-7-4-3-5-13-7/h3-5,8,10H,2,6H2,1H3,(H,11,12)/t8-/m1/s1. The summed E-state index contributed by atoms with van der Waals surface area (Å²) in [6, 6.07) is 3.09. The number of aliphatic carboxylic acids is 1. The van der Waals surface area contributed by atoms with Crippen LogP contribution in [0, 0.1) is 0 Å². The van der Waals surface area contributed by atoms with Crippen molar-refractivity contribution in [3.8, 4) is 0 Å². The monoisotopic (exact) mass is 183 g/mol. The summed E-state index contributed by atoms with van der Waals surface area (Å²) < 4.78 is 5.05. The number of hydrogen-bond acceptors (Lipinski definition) is 3. The van der Waals surface area contributed by atoms with Crippen LogP contribution in [0.3, 0.4) is 0 Å². The number of carboxylic acids is 1. The van der Waals surface area contributed by atoms with Crippen molar-refractivity contribution in [2.75, 3.05) is 0 Å². The van der Waals surface area contributed by atoms with Crippen LogP contribution in [0.2, 0.25) is 0 Å². The first kappa shape index (κ1) is 9.80. The number of hydrogen-bond donors (Lipinski definition) is 2. The highest BCUT2D eigenvalue weighted by molar-refractivity contribution is 5.73. The van der Waals surface area contributed by atoms with Gasteiger partial charge in [-0.1, -0.05) is 6.92 Å². The summed E-state index contributed by atoms with van der Waals surface area (Å²) in [5.74, 6) is -0.0752. The van der Waals surface area contributed by atoms with Gasteiger partial charge in [0, 0.05) is 0 Å². The Morgan fingerprint density at radius 2 is 2.54 bits per heavy atom. The minimum Gasteiger partial charge on any atom is -0.480 e. The molecule has 0 radical (unpaired) electrons. The zero-order valence-electron chi connectivity index (χ0n) is 7.49. The predicted octanol–water partition coefficient (Wildman–Crippen LogP) is 1.23. The van der Waals surface area contributed by atoms with Crippen molar-refractivity contribution in [2.45, 2.75) is 25.9 Å². The summed E-state index contributed by atoms with van der Waals surface area (Å²) in [6.45, 7) is 2.28. The number of carbonyl (C=O) groups is 1. The second kappa shape index (κ2) is 4.67. The van der Waals surface area contributed by atoms with E-state index >= 15 is 0 Å². The fourth-order valence-corrected chi connectivity index (χ4v) is 1.04. The van der Waals surface area contributed by atoms with E-state index in [1.54, 1.807) is 12.3 Å². The molecule has 4 nitrogen and oxygen atoms in total. The van der Waals surface area contributed by atoms with Gasteiger partial charge in [0.15, 0.2) is 0 Å². The Bertz CT molecular complexity index is 256. The molecule has 72 valence electrons. The van der Waals surface area contributed by atoms with Gasteiger partial charge in [-0.3, -0.25) is 10.1 Å². The molecule has 0 amide bonds. The van der Waals surface area contributed by atoms with E-state index in [1.807, 2.05) is 13.0 Å². The van der Waals surface area contributed by atoms with Gasteiger partial charge in [-0.15, -0.1) is 0 Å². The second-order valence-electron chi connectivity index (χ2n) is 2.76. The van der Waals surface area contributed by atoms with E-state index in [9.17, 15) is 4.79 Å². The molecule has 0 aliphatic carbocycles. The Balaban J connectivity index is 2.36. The van der Waals surface area contributed by atoms with Gasteiger partial charge in [-0.2, -0.15) is 0 Å². The van der Waals surface area contributed by atoms with Crippen LogP contribution in [0.1, 0.15) is 19.1 Å². The summed E-state index contributed by atoms with van der Waals surface area (Å²) in [4.78, 5) is 10.6. The molecule has 0 aromatic carbocycles. The molecule has 13 heavy (non-hydrogen) atoms. The average Bonchev–Trinajstić information content (AvgIpc) is 2.57. The summed E-state index contributed by atoms with van der Waals surface area (Å²) in [7, 11) is 0. The molecular weight excluding hydrogens is 170 g/mol. The maximum atomic E-state index is 10.6. The first-order valence-electron chi connectivity index (χ1n) is 4.22. The van der Waals surface area contributed by atoms with E-state index < -0.39 is 12.0 Å². The second-order valence-corrected chi connectivity index (χ2v) is 2.76. The quantitative estimate of drug-likeness (QED) is 0.720. The lowest BCUT2D eigenvalue weighted by Crippen LogP contribution is -2.35. The van der Waals surface area contributed by atoms with Crippen LogP contribution in [0.4, 0.5) is 0 Å². The molecule has 0 spiro atoms. The van der Waals surface area contributed by atoms with Crippen molar-refractivity contribution < 1.29 is 14.3 Å². The van der Waals surface area contributed by atoms with Crippen molar-refractivity contribution in [1.82, 2.24) is 5.32 Å². The summed E-state index contributed by atoms with van der Waals surface area (Å²) in [5.41, 5.74) is 0. The minimum atomic E-state index is -0.825. The molecule has 1 aromatic rings. The highest BCUT2D eigenvalue weighted by Gasteiger charge is 2.13. The fourth-order valence-electron chi connectivity index (χ4n) is 1.04. The molecule has 0 bridgehead atoms. The molecule has 0 aliphatic rings. The SMILES string of the molecule is CC[C@@H](NCc1ccco1)C(=O)O. The molecular formula is C9H13NO3. The molecule has 0 unspecified atom stereocenters. The van der Waals surface area contributed by atoms with Crippen molar-refractivity contribution in [2.24, 2.45) is 0 Å². The van der Waals surface area contributed by atoms with E-state index in [2.05, 4.69) is 5.32 Å². The van der Waals surface area contributed by atoms with Crippen molar-refractivity contribution in [1.29, 1.82) is 0 Å². The lowest BCUT2D eigenvalue weighted by atomic mass is 10.2. The molecule has 1 aromatic heterocycles. The van der Waals surface area contributed by atoms with Crippen LogP contribution < -0.4 is 5.32 Å². The Kier molecular flexibility index (Phi) is 3.52. The highest BCUT2D eigenvalue weighted by atomic mass is 16.4. The van der Waals surface area contributed by atoms with Crippen molar-refractivity contribution >= 4 is 5.97 Å². The van der Waals surface area contributed by atoms with Crippen LogP contribution in [0.25, 0.3) is 0 Å². The molecule has 1 heterocycles. The van der Waals surface area contributed by atoms with Gasteiger partial charge in [-0.25, -0.2) is 0 Å². The summed E-state index contributed by atoms with van der Waals surface area (Å²) in [5, 5.41) is 11.6. The van der Waals surface area contributed by atoms with Crippen molar-refractivity contribution in [3.63, 3.8) is 0 Å². The Morgan fingerprint density at radius 1 is 1.77 bits per heavy atom. The van der Waals surface area contributed by atoms with Gasteiger partial charge in [0.25, 0.3) is 0 Å². The Hall–Kier alpha value is -1.29. The Labute approximate surface area is 76.6 Å². The molecule has 0 saturated carbocycles. The van der Waals surface area contributed by atoms with Gasteiger partial charge < -0.3 is 9.52 Å². The van der Waals surface area contributed by atoms with E-state index in [-0.39, 0.29) is 0 Å². The number of rotatable bonds is 5. The summed E-state index contributed by atoms with van der Waals surface area (Å²) >= 11 is 0. The lowest BCUT2D eigenvalue weighted by Gasteiger charge is -2.10. The van der Waals surface area contributed by atoms with Crippen LogP contribution in [0.15, 0.2) is 22.8 Å². The van der Waals surface area contributed by atoms with E-state index in [0.29, 0.717) is 13.0 Å². The largest absolute Gasteiger partial charge is 0.480 e. The maximum Gasteiger partial charge on any atom is 0.320 e. The van der Waals surface area contributed by atoms with Crippen molar-refractivity contribution in [3.05, 3.63) is 24.2 Å². The molecule has 1 atom stereocenters. The Morgan fingerprint density at radius 3 is 3.00 bits per heavy atom. The van der Waals surface area contributed by atoms with Gasteiger partial charge in [-0.05, 0) is 18.6 Å². The van der Waals surface area contributed by atoms with E-state index in [4.69, 9.17) is 9.52 Å².